The molecule has 2 nitrogen and oxygen atoms in total. The molecule has 0 aromatic heterocycles. The maximum Gasteiger partial charge on any atom is 0.0447 e. The molecule has 0 bridgehead atoms. The van der Waals surface area contributed by atoms with Gasteiger partial charge in [-0.25, -0.2) is 0 Å². The summed E-state index contributed by atoms with van der Waals surface area (Å²) in [6, 6.07) is 0. The largest absolute Gasteiger partial charge is 0.396 e. The van der Waals surface area contributed by atoms with Crippen LogP contribution in [0.15, 0.2) is 12.3 Å². The van der Waals surface area contributed by atoms with E-state index in [1.54, 1.807) is 0 Å². The van der Waals surface area contributed by atoms with Gasteiger partial charge in [-0.15, -0.1) is 0 Å². The summed E-state index contributed by atoms with van der Waals surface area (Å²) in [5, 5.41) is 11.9. The minimum atomic E-state index is 0.278. The molecule has 0 spiro atoms. The van der Waals surface area contributed by atoms with Crippen LogP contribution in [-0.2, 0) is 0 Å². The van der Waals surface area contributed by atoms with Gasteiger partial charge in [-0.2, -0.15) is 0 Å². The van der Waals surface area contributed by atoms with Gasteiger partial charge in [0.1, 0.15) is 0 Å². The molecule has 0 aromatic rings. The highest BCUT2D eigenvalue weighted by atomic mass is 16.3. The Morgan fingerprint density at radius 1 is 0.556 bits per heavy atom. The van der Waals surface area contributed by atoms with Gasteiger partial charge in [-0.1, -0.05) is 122 Å². The minimum absolute atomic E-state index is 0.278. The molecule has 0 saturated carbocycles. The molecule has 0 rings (SSSR count). The van der Waals surface area contributed by atoms with Crippen LogP contribution in [0.1, 0.15) is 135 Å². The van der Waals surface area contributed by atoms with E-state index in [1.807, 2.05) is 6.20 Å². The Bertz CT molecular complexity index is 277. The number of aliphatic hydroxyl groups excluding tert-OH is 1. The highest BCUT2D eigenvalue weighted by Gasteiger charge is 1.94. The summed E-state index contributed by atoms with van der Waals surface area (Å²) >= 11 is 0. The number of hydrogen-bond acceptors (Lipinski definition) is 2. The maximum atomic E-state index is 8.67. The Balaban J connectivity index is 3.01. The Morgan fingerprint density at radius 2 is 0.963 bits per heavy atom. The second-order valence-electron chi connectivity index (χ2n) is 8.23. The maximum absolute atomic E-state index is 8.67. The fourth-order valence-corrected chi connectivity index (χ4v) is 3.59. The van der Waals surface area contributed by atoms with Gasteiger partial charge in [-0.3, -0.25) is 0 Å². The van der Waals surface area contributed by atoms with Gasteiger partial charge >= 0.3 is 0 Å². The summed E-state index contributed by atoms with van der Waals surface area (Å²) < 4.78 is 0. The first kappa shape index (κ1) is 26.5. The molecule has 0 fully saturated rings. The van der Waals surface area contributed by atoms with E-state index in [2.05, 4.69) is 18.3 Å². The highest BCUT2D eigenvalue weighted by Crippen LogP contribution is 2.14. The Hall–Kier alpha value is -0.500. The van der Waals surface area contributed by atoms with Crippen LogP contribution < -0.4 is 5.32 Å². The van der Waals surface area contributed by atoms with Crippen molar-refractivity contribution in [2.24, 2.45) is 0 Å². The van der Waals surface area contributed by atoms with Crippen molar-refractivity contribution in [1.82, 2.24) is 5.32 Å². The topological polar surface area (TPSA) is 32.3 Å². The first-order valence-corrected chi connectivity index (χ1v) is 12.4. The van der Waals surface area contributed by atoms with Gasteiger partial charge < -0.3 is 10.4 Å². The lowest BCUT2D eigenvalue weighted by atomic mass is 10.0. The number of unbranched alkanes of at least 4 members (excludes halogenated alkanes) is 18. The molecular formula is C25H51NO. The quantitative estimate of drug-likeness (QED) is 0.176. The predicted molar refractivity (Wildman–Crippen MR) is 122 cm³/mol. The number of allylic oxidation sites excluding steroid dienone is 1. The molecule has 0 unspecified atom stereocenters. The first-order chi connectivity index (χ1) is 13.4. The third kappa shape index (κ3) is 25.5. The van der Waals surface area contributed by atoms with E-state index >= 15 is 0 Å². The van der Waals surface area contributed by atoms with Gasteiger partial charge in [0, 0.05) is 13.2 Å². The molecule has 162 valence electrons. The monoisotopic (exact) mass is 381 g/mol. The average molecular weight is 382 g/mol. The van der Waals surface area contributed by atoms with Crippen molar-refractivity contribution < 1.29 is 5.11 Å². The third-order valence-corrected chi connectivity index (χ3v) is 5.44. The van der Waals surface area contributed by atoms with E-state index in [9.17, 15) is 0 Å². The first-order valence-electron chi connectivity index (χ1n) is 12.4. The van der Waals surface area contributed by atoms with Crippen molar-refractivity contribution in [1.29, 1.82) is 0 Å². The van der Waals surface area contributed by atoms with Crippen molar-refractivity contribution in [3.8, 4) is 0 Å². The predicted octanol–water partition coefficient (Wildman–Crippen LogP) is 7.90. The molecule has 0 radical (unpaired) electrons. The summed E-state index contributed by atoms with van der Waals surface area (Å²) in [4.78, 5) is 0. The number of hydrogen-bond donors (Lipinski definition) is 2. The normalized spacial score (nSPS) is 11.5. The van der Waals surface area contributed by atoms with E-state index < -0.39 is 0 Å². The van der Waals surface area contributed by atoms with Crippen molar-refractivity contribution >= 4 is 0 Å². The molecule has 0 amide bonds. The Kier molecular flexibility index (Phi) is 25.0. The molecule has 0 heterocycles. The zero-order chi connectivity index (χ0) is 19.7. The van der Waals surface area contributed by atoms with Crippen molar-refractivity contribution in [2.45, 2.75) is 135 Å². The molecule has 2 heteroatoms. The zero-order valence-corrected chi connectivity index (χ0v) is 18.7. The fraction of sp³-hybridized carbons (Fsp3) is 0.920. The Labute approximate surface area is 171 Å². The van der Waals surface area contributed by atoms with Crippen LogP contribution in [0.3, 0.4) is 0 Å². The molecule has 2 N–H and O–H groups in total. The lowest BCUT2D eigenvalue weighted by Gasteiger charge is -2.03. The van der Waals surface area contributed by atoms with E-state index in [0.29, 0.717) is 0 Å². The van der Waals surface area contributed by atoms with E-state index in [4.69, 9.17) is 5.11 Å². The van der Waals surface area contributed by atoms with Crippen LogP contribution in [0.4, 0.5) is 0 Å². The average Bonchev–Trinajstić information content (AvgIpc) is 2.68. The van der Waals surface area contributed by atoms with Crippen LogP contribution in [0, 0.1) is 0 Å². The summed E-state index contributed by atoms with van der Waals surface area (Å²) in [7, 11) is 0. The minimum Gasteiger partial charge on any atom is -0.396 e. The van der Waals surface area contributed by atoms with Gasteiger partial charge in [0.2, 0.25) is 0 Å². The molecule has 0 atom stereocenters. The van der Waals surface area contributed by atoms with Gasteiger partial charge in [0.05, 0.1) is 0 Å². The van der Waals surface area contributed by atoms with E-state index in [1.165, 1.54) is 122 Å². The standard InChI is InChI=1S/C25H51NO/c1-2-3-4-5-6-7-8-9-10-11-12-13-14-15-16-17-18-19-20-21-23-26-24-22-25-27/h21,23,26-27H,2-20,22,24-25H2,1H3. The van der Waals surface area contributed by atoms with E-state index in [0.717, 1.165) is 13.0 Å². The Morgan fingerprint density at radius 3 is 1.37 bits per heavy atom. The van der Waals surface area contributed by atoms with Crippen LogP contribution in [-0.4, -0.2) is 18.3 Å². The zero-order valence-electron chi connectivity index (χ0n) is 18.7. The highest BCUT2D eigenvalue weighted by molar-refractivity contribution is 4.78. The van der Waals surface area contributed by atoms with Gasteiger partial charge in [0.25, 0.3) is 0 Å². The van der Waals surface area contributed by atoms with Crippen LogP contribution in [0.25, 0.3) is 0 Å². The lowest BCUT2D eigenvalue weighted by Crippen LogP contribution is -2.07. The fourth-order valence-electron chi connectivity index (χ4n) is 3.59. The summed E-state index contributed by atoms with van der Waals surface area (Å²) in [6.45, 7) is 3.45. The second kappa shape index (κ2) is 25.5. The molecule has 0 aliphatic rings. The second-order valence-corrected chi connectivity index (χ2v) is 8.23. The van der Waals surface area contributed by atoms with E-state index in [-0.39, 0.29) is 6.61 Å². The number of rotatable bonds is 23. The molecule has 0 aliphatic carbocycles. The summed E-state index contributed by atoms with van der Waals surface area (Å²) in [6.07, 6.45) is 32.2. The third-order valence-electron chi connectivity index (χ3n) is 5.44. The lowest BCUT2D eigenvalue weighted by molar-refractivity contribution is 0.288. The van der Waals surface area contributed by atoms with Gasteiger partial charge in [-0.05, 0) is 25.5 Å². The summed E-state index contributed by atoms with van der Waals surface area (Å²) in [5.41, 5.74) is 0. The smallest absolute Gasteiger partial charge is 0.0447 e. The van der Waals surface area contributed by atoms with Crippen molar-refractivity contribution in [2.75, 3.05) is 13.2 Å². The van der Waals surface area contributed by atoms with Crippen LogP contribution >= 0.6 is 0 Å². The number of aliphatic hydroxyl groups is 1. The summed E-state index contributed by atoms with van der Waals surface area (Å²) in [5.74, 6) is 0. The SMILES string of the molecule is CCCCCCCCCCCCCCCCCCCCC=CNCCCO. The van der Waals surface area contributed by atoms with Crippen LogP contribution in [0.5, 0.6) is 0 Å². The molecular weight excluding hydrogens is 330 g/mol. The van der Waals surface area contributed by atoms with Crippen molar-refractivity contribution in [3.63, 3.8) is 0 Å². The van der Waals surface area contributed by atoms with Crippen molar-refractivity contribution in [3.05, 3.63) is 12.3 Å². The molecule has 0 aliphatic heterocycles. The molecule has 0 saturated heterocycles. The van der Waals surface area contributed by atoms with Crippen LogP contribution in [0.2, 0.25) is 0 Å². The van der Waals surface area contributed by atoms with Gasteiger partial charge in [0.15, 0.2) is 0 Å². The number of nitrogens with one attached hydrogen (secondary N) is 1. The molecule has 27 heavy (non-hydrogen) atoms. The molecule has 0 aromatic carbocycles.